The summed E-state index contributed by atoms with van der Waals surface area (Å²) in [5.41, 5.74) is -3.97. The Balaban J connectivity index is 1.85. The Morgan fingerprint density at radius 3 is 2.19 bits per heavy atom. The van der Waals surface area contributed by atoms with Gasteiger partial charge in [-0.05, 0) is 46.9 Å². The van der Waals surface area contributed by atoms with Gasteiger partial charge in [0.05, 0.1) is 10.6 Å². The quantitative estimate of drug-likeness (QED) is 0.657. The molecule has 7 nitrogen and oxygen atoms in total. The van der Waals surface area contributed by atoms with Gasteiger partial charge < -0.3 is 4.90 Å². The van der Waals surface area contributed by atoms with Crippen LogP contribution in [0.1, 0.15) is 31.9 Å². The molecule has 0 atom stereocenters. The largest absolute Gasteiger partial charge is 0.501 e. The van der Waals surface area contributed by atoms with Gasteiger partial charge in [0.1, 0.15) is 6.54 Å². The van der Waals surface area contributed by atoms with Gasteiger partial charge in [-0.25, -0.2) is 18.1 Å². The highest BCUT2D eigenvalue weighted by Crippen LogP contribution is 2.32. The number of halogens is 3. The van der Waals surface area contributed by atoms with Crippen molar-refractivity contribution < 1.29 is 31.2 Å². The molecule has 1 fully saturated rings. The van der Waals surface area contributed by atoms with Crippen LogP contribution in [0.2, 0.25) is 0 Å². The Hall–Kier alpha value is -2.95. The van der Waals surface area contributed by atoms with Crippen LogP contribution in [0.15, 0.2) is 47.6 Å². The lowest BCUT2D eigenvalue weighted by Crippen LogP contribution is -2.33. The van der Waals surface area contributed by atoms with Crippen molar-refractivity contribution in [3.63, 3.8) is 0 Å². The van der Waals surface area contributed by atoms with Crippen LogP contribution >= 0.6 is 0 Å². The summed E-state index contributed by atoms with van der Waals surface area (Å²) in [4.78, 5) is 30.6. The van der Waals surface area contributed by atoms with Crippen molar-refractivity contribution in [2.45, 2.75) is 43.1 Å². The molecule has 3 amide bonds. The number of nitrogens with zero attached hydrogens (tertiary/aromatic N) is 3. The number of urea groups is 1. The lowest BCUT2D eigenvalue weighted by Gasteiger charge is -2.24. The molecule has 1 aliphatic heterocycles. The second-order valence-electron chi connectivity index (χ2n) is 8.09. The highest BCUT2D eigenvalue weighted by atomic mass is 32.2. The Kier molecular flexibility index (Phi) is 5.59. The average Bonchev–Trinajstić information content (AvgIpc) is 2.94. The monoisotopic (exact) mass is 455 g/mol. The van der Waals surface area contributed by atoms with Crippen LogP contribution < -0.4 is 4.90 Å². The molecule has 11 heteroatoms. The Morgan fingerprint density at radius 1 is 1.03 bits per heavy atom. The fourth-order valence-corrected chi connectivity index (χ4v) is 4.04. The molecule has 0 radical (unpaired) electrons. The number of carbonyl (C=O) groups excluding carboxylic acids is 2. The predicted octanol–water partition coefficient (Wildman–Crippen LogP) is 3.64. The molecular weight excluding hydrogens is 435 g/mol. The number of hydrogen-bond donors (Lipinski definition) is 0. The third kappa shape index (κ3) is 4.27. The topological polar surface area (TPSA) is 87.7 Å². The van der Waals surface area contributed by atoms with Gasteiger partial charge in [-0.3, -0.25) is 9.78 Å². The zero-order valence-corrected chi connectivity index (χ0v) is 17.8. The minimum Gasteiger partial charge on any atom is -0.310 e. The summed E-state index contributed by atoms with van der Waals surface area (Å²) in [6.45, 7) is 5.91. The summed E-state index contributed by atoms with van der Waals surface area (Å²) in [5, 5.41) is 0. The van der Waals surface area contributed by atoms with Gasteiger partial charge in [0, 0.05) is 18.9 Å². The molecule has 2 heterocycles. The summed E-state index contributed by atoms with van der Waals surface area (Å²) in [7, 11) is -5.52. The molecule has 0 aliphatic carbocycles. The molecule has 31 heavy (non-hydrogen) atoms. The van der Waals surface area contributed by atoms with E-state index >= 15 is 0 Å². The Morgan fingerprint density at radius 2 is 1.65 bits per heavy atom. The molecule has 0 bridgehead atoms. The first-order chi connectivity index (χ1) is 14.2. The number of imide groups is 1. The van der Waals surface area contributed by atoms with Crippen molar-refractivity contribution in [3.05, 3.63) is 53.9 Å². The maximum Gasteiger partial charge on any atom is 0.501 e. The molecule has 166 valence electrons. The third-order valence-electron chi connectivity index (χ3n) is 4.83. The summed E-state index contributed by atoms with van der Waals surface area (Å²) in [6, 6.07) is 4.57. The van der Waals surface area contributed by atoms with Crippen molar-refractivity contribution in [1.82, 2.24) is 9.88 Å². The van der Waals surface area contributed by atoms with E-state index in [0.717, 1.165) is 40.3 Å². The number of pyridine rings is 1. The molecular formula is C20H20F3N3O4S. The molecule has 1 aliphatic rings. The Labute approximate surface area is 177 Å². The summed E-state index contributed by atoms with van der Waals surface area (Å²) in [5.74, 6) is -0.567. The van der Waals surface area contributed by atoms with E-state index in [9.17, 15) is 31.2 Å². The number of rotatable bonds is 4. The first-order valence-corrected chi connectivity index (χ1v) is 10.7. The fraction of sp³-hybridized carbons (Fsp3) is 0.350. The zero-order chi connectivity index (χ0) is 23.2. The van der Waals surface area contributed by atoms with Crippen LogP contribution in [0.25, 0.3) is 0 Å². The first kappa shape index (κ1) is 22.7. The van der Waals surface area contributed by atoms with Gasteiger partial charge in [-0.15, -0.1) is 0 Å². The Bertz CT molecular complexity index is 1120. The smallest absolute Gasteiger partial charge is 0.310 e. The second kappa shape index (κ2) is 7.63. The maximum absolute atomic E-state index is 12.8. The molecule has 1 aromatic heterocycles. The second-order valence-corrected chi connectivity index (χ2v) is 10.0. The standard InChI is InChI=1S/C20H20F3N3O4S/c1-19(2,3)16-10-24-9-8-13(16)11-25-12-17(27)26(18(25)28)14-4-6-15(7-5-14)31(29,30)20(21,22)23/h4-10H,11-12H2,1-3H3. The number of carbonyl (C=O) groups is 2. The summed E-state index contributed by atoms with van der Waals surface area (Å²) >= 11 is 0. The molecule has 1 aromatic carbocycles. The fourth-order valence-electron chi connectivity index (χ4n) is 3.28. The van der Waals surface area contributed by atoms with Crippen LogP contribution in [0, 0.1) is 0 Å². The molecule has 0 N–H and O–H groups in total. The molecule has 3 rings (SSSR count). The van der Waals surface area contributed by atoms with Crippen molar-refractivity contribution >= 4 is 27.5 Å². The summed E-state index contributed by atoms with van der Waals surface area (Å²) in [6.07, 6.45) is 3.29. The minimum atomic E-state index is -5.52. The number of alkyl halides is 3. The molecule has 0 spiro atoms. The van der Waals surface area contributed by atoms with Gasteiger partial charge in [0.15, 0.2) is 0 Å². The number of hydrogen-bond acceptors (Lipinski definition) is 5. The number of sulfone groups is 1. The van der Waals surface area contributed by atoms with Crippen molar-refractivity contribution in [3.8, 4) is 0 Å². The first-order valence-electron chi connectivity index (χ1n) is 9.20. The lowest BCUT2D eigenvalue weighted by molar-refractivity contribution is -0.116. The number of anilines is 1. The van der Waals surface area contributed by atoms with Gasteiger partial charge >= 0.3 is 11.5 Å². The molecule has 0 unspecified atom stereocenters. The van der Waals surface area contributed by atoms with Crippen molar-refractivity contribution in [1.29, 1.82) is 0 Å². The predicted molar refractivity (Wildman–Crippen MR) is 106 cm³/mol. The van der Waals surface area contributed by atoms with Crippen LogP contribution in [0.5, 0.6) is 0 Å². The van der Waals surface area contributed by atoms with E-state index in [0.29, 0.717) is 0 Å². The van der Waals surface area contributed by atoms with Crippen LogP contribution in [0.4, 0.5) is 23.7 Å². The van der Waals surface area contributed by atoms with Crippen LogP contribution in [-0.4, -0.2) is 42.3 Å². The van der Waals surface area contributed by atoms with Gasteiger partial charge in [0.2, 0.25) is 0 Å². The zero-order valence-electron chi connectivity index (χ0n) is 17.0. The molecule has 0 saturated carbocycles. The van der Waals surface area contributed by atoms with Gasteiger partial charge in [-0.2, -0.15) is 13.2 Å². The van der Waals surface area contributed by atoms with Crippen molar-refractivity contribution in [2.24, 2.45) is 0 Å². The normalized spacial score (nSPS) is 15.7. The number of amides is 3. The molecule has 1 saturated heterocycles. The summed E-state index contributed by atoms with van der Waals surface area (Å²) < 4.78 is 61.1. The van der Waals surface area contributed by atoms with E-state index in [-0.39, 0.29) is 24.2 Å². The highest BCUT2D eigenvalue weighted by Gasteiger charge is 2.47. The van der Waals surface area contributed by atoms with Crippen LogP contribution in [0.3, 0.4) is 0 Å². The van der Waals surface area contributed by atoms with E-state index in [1.807, 2.05) is 20.8 Å². The van der Waals surface area contributed by atoms with Crippen molar-refractivity contribution in [2.75, 3.05) is 11.4 Å². The maximum atomic E-state index is 12.8. The van der Waals surface area contributed by atoms with E-state index in [4.69, 9.17) is 0 Å². The van der Waals surface area contributed by atoms with E-state index in [1.54, 1.807) is 18.5 Å². The molecule has 2 aromatic rings. The van der Waals surface area contributed by atoms with E-state index in [1.165, 1.54) is 4.90 Å². The van der Waals surface area contributed by atoms with E-state index in [2.05, 4.69) is 4.98 Å². The number of aromatic nitrogens is 1. The number of benzene rings is 1. The van der Waals surface area contributed by atoms with Gasteiger partial charge in [0.25, 0.3) is 15.7 Å². The van der Waals surface area contributed by atoms with E-state index < -0.39 is 32.2 Å². The van der Waals surface area contributed by atoms with Crippen LogP contribution in [-0.2, 0) is 26.6 Å². The third-order valence-corrected chi connectivity index (χ3v) is 6.33. The van der Waals surface area contributed by atoms with Gasteiger partial charge in [-0.1, -0.05) is 20.8 Å². The lowest BCUT2D eigenvalue weighted by atomic mass is 9.85. The highest BCUT2D eigenvalue weighted by molar-refractivity contribution is 7.92. The minimum absolute atomic E-state index is 0.00982. The average molecular weight is 455 g/mol. The SMILES string of the molecule is CC(C)(C)c1cnccc1CN1CC(=O)N(c2ccc(S(=O)(=O)C(F)(F)F)cc2)C1=O.